The lowest BCUT2D eigenvalue weighted by Crippen LogP contribution is -2.53. The van der Waals surface area contributed by atoms with Crippen LogP contribution in [0.1, 0.15) is 23.8 Å². The third-order valence-electron chi connectivity index (χ3n) is 5.09. The smallest absolute Gasteiger partial charge is 0.331 e. The van der Waals surface area contributed by atoms with Crippen molar-refractivity contribution in [1.82, 2.24) is 10.2 Å². The van der Waals surface area contributed by atoms with Gasteiger partial charge in [-0.05, 0) is 60.5 Å². The molecule has 8 nitrogen and oxygen atoms in total. The van der Waals surface area contributed by atoms with Gasteiger partial charge in [-0.15, -0.1) is 0 Å². The van der Waals surface area contributed by atoms with Gasteiger partial charge in [0.15, 0.2) is 11.5 Å². The number of ether oxygens (including phenoxy) is 2. The van der Waals surface area contributed by atoms with Gasteiger partial charge >= 0.3 is 6.03 Å². The van der Waals surface area contributed by atoms with Gasteiger partial charge in [0.1, 0.15) is 17.9 Å². The molecule has 11 heteroatoms. The van der Waals surface area contributed by atoms with E-state index in [0.29, 0.717) is 33.7 Å². The summed E-state index contributed by atoms with van der Waals surface area (Å²) in [6.07, 6.45) is 2.75. The molecule has 1 aliphatic rings. The number of nitrogens with one attached hydrogen (secondary N) is 1. The van der Waals surface area contributed by atoms with Crippen LogP contribution in [-0.4, -0.2) is 29.4 Å². The van der Waals surface area contributed by atoms with Gasteiger partial charge in [0.05, 0.1) is 34.5 Å². The number of furan rings is 1. The molecule has 0 spiro atoms. The molecule has 0 atom stereocenters. The van der Waals surface area contributed by atoms with Crippen LogP contribution in [-0.2, 0) is 22.7 Å². The topological polar surface area (TPSA) is 98.1 Å². The van der Waals surface area contributed by atoms with E-state index in [1.54, 1.807) is 43.3 Å². The molecule has 2 aromatic carbocycles. The predicted molar refractivity (Wildman–Crippen MR) is 134 cm³/mol. The maximum Gasteiger partial charge on any atom is 0.331 e. The van der Waals surface area contributed by atoms with E-state index in [1.165, 1.54) is 18.4 Å². The molecule has 1 N–H and O–H groups in total. The molecule has 1 aliphatic heterocycles. The van der Waals surface area contributed by atoms with Crippen LogP contribution < -0.4 is 14.8 Å². The van der Waals surface area contributed by atoms with Crippen molar-refractivity contribution < 1.29 is 28.3 Å². The Morgan fingerprint density at radius 3 is 2.50 bits per heavy atom. The van der Waals surface area contributed by atoms with E-state index in [4.69, 9.17) is 48.7 Å². The number of nitrogens with zero attached hydrogens (tertiary/aromatic N) is 1. The Labute approximate surface area is 221 Å². The molecule has 1 aromatic heterocycles. The van der Waals surface area contributed by atoms with Gasteiger partial charge in [-0.2, -0.15) is 0 Å². The summed E-state index contributed by atoms with van der Waals surface area (Å²) < 4.78 is 16.8. The normalized spacial score (nSPS) is 14.8. The first-order chi connectivity index (χ1) is 17.3. The summed E-state index contributed by atoms with van der Waals surface area (Å²) in [7, 11) is 0. The van der Waals surface area contributed by atoms with Crippen LogP contribution in [0.25, 0.3) is 6.08 Å². The molecule has 1 fully saturated rings. The number of halogens is 3. The maximum absolute atomic E-state index is 13.0. The number of carbonyl (C=O) groups is 3. The highest BCUT2D eigenvalue weighted by molar-refractivity contribution is 6.42. The molecule has 0 bridgehead atoms. The Morgan fingerprint density at radius 1 is 1.00 bits per heavy atom. The minimum atomic E-state index is -0.836. The monoisotopic (exact) mass is 548 g/mol. The highest BCUT2D eigenvalue weighted by Crippen LogP contribution is 2.38. The van der Waals surface area contributed by atoms with Crippen LogP contribution in [0.3, 0.4) is 0 Å². The first kappa shape index (κ1) is 25.6. The molecule has 0 radical (unpaired) electrons. The summed E-state index contributed by atoms with van der Waals surface area (Å²) in [6.45, 7) is 2.11. The molecule has 2 heterocycles. The zero-order valence-electron chi connectivity index (χ0n) is 18.8. The number of urea groups is 1. The number of amides is 4. The highest BCUT2D eigenvalue weighted by Gasteiger charge is 2.36. The summed E-state index contributed by atoms with van der Waals surface area (Å²) in [6, 6.07) is 10.6. The number of barbiturate groups is 1. The number of benzene rings is 2. The van der Waals surface area contributed by atoms with Crippen molar-refractivity contribution in [3.8, 4) is 11.5 Å². The Bertz CT molecular complexity index is 1350. The van der Waals surface area contributed by atoms with Crippen molar-refractivity contribution in [3.63, 3.8) is 0 Å². The fourth-order valence-electron chi connectivity index (χ4n) is 3.42. The zero-order valence-corrected chi connectivity index (χ0v) is 21.1. The second-order valence-corrected chi connectivity index (χ2v) is 8.81. The van der Waals surface area contributed by atoms with E-state index < -0.39 is 17.8 Å². The molecule has 4 rings (SSSR count). The van der Waals surface area contributed by atoms with E-state index in [-0.39, 0.29) is 29.5 Å². The van der Waals surface area contributed by atoms with Crippen molar-refractivity contribution in [2.75, 3.05) is 6.61 Å². The Kier molecular flexibility index (Phi) is 7.88. The first-order valence-electron chi connectivity index (χ1n) is 10.7. The zero-order chi connectivity index (χ0) is 25.8. The Hall–Kier alpha value is -3.46. The van der Waals surface area contributed by atoms with Crippen molar-refractivity contribution in [1.29, 1.82) is 0 Å². The van der Waals surface area contributed by atoms with Crippen LogP contribution in [0, 0.1) is 0 Å². The molecule has 186 valence electrons. The fraction of sp³-hybridized carbons (Fsp3) is 0.160. The molecule has 4 amide bonds. The minimum absolute atomic E-state index is 0.130. The Morgan fingerprint density at radius 2 is 1.81 bits per heavy atom. The fourth-order valence-corrected chi connectivity index (χ4v) is 4.02. The summed E-state index contributed by atoms with van der Waals surface area (Å²) in [4.78, 5) is 38.6. The quantitative estimate of drug-likeness (QED) is 0.278. The Balaban J connectivity index is 1.61. The molecular formula is C25H19Cl3N2O6. The van der Waals surface area contributed by atoms with E-state index in [2.05, 4.69) is 5.32 Å². The van der Waals surface area contributed by atoms with Gasteiger partial charge in [-0.25, -0.2) is 4.79 Å². The van der Waals surface area contributed by atoms with Gasteiger partial charge in [0.25, 0.3) is 11.8 Å². The van der Waals surface area contributed by atoms with Gasteiger partial charge in [0.2, 0.25) is 0 Å². The summed E-state index contributed by atoms with van der Waals surface area (Å²) >= 11 is 18.5. The second-order valence-electron chi connectivity index (χ2n) is 7.59. The first-order valence-corrected chi connectivity index (χ1v) is 11.8. The van der Waals surface area contributed by atoms with Crippen LogP contribution in [0.4, 0.5) is 4.79 Å². The number of hydrogen-bond acceptors (Lipinski definition) is 6. The van der Waals surface area contributed by atoms with Crippen LogP contribution in [0.2, 0.25) is 15.1 Å². The molecule has 0 saturated carbocycles. The van der Waals surface area contributed by atoms with E-state index >= 15 is 0 Å². The van der Waals surface area contributed by atoms with Crippen LogP contribution in [0.5, 0.6) is 11.5 Å². The van der Waals surface area contributed by atoms with Crippen molar-refractivity contribution >= 4 is 58.7 Å². The number of imide groups is 2. The highest BCUT2D eigenvalue weighted by atomic mass is 35.5. The molecule has 3 aromatic rings. The van der Waals surface area contributed by atoms with Crippen LogP contribution >= 0.6 is 34.8 Å². The third kappa shape index (κ3) is 5.67. The number of hydrogen-bond donors (Lipinski definition) is 1. The van der Waals surface area contributed by atoms with Gasteiger partial charge in [0, 0.05) is 0 Å². The van der Waals surface area contributed by atoms with E-state index in [9.17, 15) is 14.4 Å². The standard InChI is InChI=1S/C25H19Cl3N2O6/c1-2-34-21-11-15(10-20(28)22(21)36-13-14-5-6-18(26)19(27)9-14)8-17-23(31)29-25(33)30(24(17)32)12-16-4-3-7-35-16/h3-11H,2,12-13H2,1H3,(H,29,31,33)/b17-8+. The molecule has 1 saturated heterocycles. The van der Waals surface area contributed by atoms with Crippen LogP contribution in [0.15, 0.2) is 58.7 Å². The largest absolute Gasteiger partial charge is 0.490 e. The molecular weight excluding hydrogens is 531 g/mol. The lowest BCUT2D eigenvalue weighted by molar-refractivity contribution is -0.130. The minimum Gasteiger partial charge on any atom is -0.490 e. The van der Waals surface area contributed by atoms with E-state index in [0.717, 1.165) is 10.5 Å². The van der Waals surface area contributed by atoms with Crippen molar-refractivity contribution in [2.45, 2.75) is 20.1 Å². The van der Waals surface area contributed by atoms with Crippen molar-refractivity contribution in [2.24, 2.45) is 0 Å². The average Bonchev–Trinajstić information content (AvgIpc) is 3.35. The SMILES string of the molecule is CCOc1cc(/C=C2\C(=O)NC(=O)N(Cc3ccco3)C2=O)cc(Cl)c1OCc1ccc(Cl)c(Cl)c1. The summed E-state index contributed by atoms with van der Waals surface area (Å²) in [5, 5.41) is 3.18. The van der Waals surface area contributed by atoms with Gasteiger partial charge < -0.3 is 13.9 Å². The van der Waals surface area contributed by atoms with Crippen molar-refractivity contribution in [3.05, 3.63) is 86.3 Å². The lowest BCUT2D eigenvalue weighted by Gasteiger charge is -2.25. The second kappa shape index (κ2) is 11.1. The average molecular weight is 550 g/mol. The molecule has 0 unspecified atom stereocenters. The number of rotatable bonds is 8. The van der Waals surface area contributed by atoms with E-state index in [1.807, 2.05) is 0 Å². The molecule has 0 aliphatic carbocycles. The van der Waals surface area contributed by atoms with Gasteiger partial charge in [-0.3, -0.25) is 19.8 Å². The molecule has 36 heavy (non-hydrogen) atoms. The maximum atomic E-state index is 13.0. The number of carbonyl (C=O) groups excluding carboxylic acids is 3. The predicted octanol–water partition coefficient (Wildman–Crippen LogP) is 5.88. The lowest BCUT2D eigenvalue weighted by atomic mass is 10.1. The summed E-state index contributed by atoms with van der Waals surface area (Å²) in [5.74, 6) is -0.619. The van der Waals surface area contributed by atoms with Gasteiger partial charge in [-0.1, -0.05) is 40.9 Å². The third-order valence-corrected chi connectivity index (χ3v) is 6.11. The summed E-state index contributed by atoms with van der Waals surface area (Å²) in [5.41, 5.74) is 0.917.